The fraction of sp³-hybridized carbons (Fsp3) is 0.333. The molecule has 10 nitrogen and oxygen atoms in total. The summed E-state index contributed by atoms with van der Waals surface area (Å²) in [6.07, 6.45) is 0.883. The van der Waals surface area contributed by atoms with E-state index in [0.29, 0.717) is 22.6 Å². The zero-order valence-electron chi connectivity index (χ0n) is 26.5. The summed E-state index contributed by atoms with van der Waals surface area (Å²) in [5.41, 5.74) is 5.03. The second-order valence-corrected chi connectivity index (χ2v) is 11.9. The number of hydrogen-bond donors (Lipinski definition) is 2. The van der Waals surface area contributed by atoms with Gasteiger partial charge in [0.2, 0.25) is 5.72 Å². The molecule has 46 heavy (non-hydrogen) atoms. The number of rotatable bonds is 13. The van der Waals surface area contributed by atoms with Crippen LogP contribution in [-0.2, 0) is 30.3 Å². The average Bonchev–Trinajstić information content (AvgIpc) is 3.03. The summed E-state index contributed by atoms with van der Waals surface area (Å²) in [4.78, 5) is 57.7. The molecule has 2 unspecified atom stereocenters. The Morgan fingerprint density at radius 1 is 0.891 bits per heavy atom. The van der Waals surface area contributed by atoms with Gasteiger partial charge >= 0.3 is 5.97 Å². The number of carbonyl (C=O) groups is 4. The molecule has 0 bridgehead atoms. The van der Waals surface area contributed by atoms with Crippen molar-refractivity contribution in [1.82, 2.24) is 9.80 Å². The number of benzene rings is 3. The second kappa shape index (κ2) is 15.0. The fourth-order valence-corrected chi connectivity index (χ4v) is 5.33. The summed E-state index contributed by atoms with van der Waals surface area (Å²) in [6, 6.07) is 25.6. The van der Waals surface area contributed by atoms with Crippen molar-refractivity contribution in [3.8, 4) is 5.75 Å². The van der Waals surface area contributed by atoms with Crippen molar-refractivity contribution in [1.29, 1.82) is 0 Å². The lowest BCUT2D eigenvalue weighted by molar-refractivity contribution is -0.177. The topological polar surface area (TPSA) is 139 Å². The lowest BCUT2D eigenvalue weighted by atomic mass is 9.85. The molecule has 1 aliphatic heterocycles. The number of ether oxygens (including phenoxy) is 2. The van der Waals surface area contributed by atoms with Gasteiger partial charge in [-0.15, -0.1) is 0 Å². The number of amides is 2. The van der Waals surface area contributed by atoms with Crippen molar-refractivity contribution < 1.29 is 33.8 Å². The van der Waals surface area contributed by atoms with Gasteiger partial charge in [-0.2, -0.15) is 0 Å². The van der Waals surface area contributed by atoms with Crippen LogP contribution in [0.15, 0.2) is 97.2 Å². The van der Waals surface area contributed by atoms with E-state index in [-0.39, 0.29) is 18.9 Å². The highest BCUT2D eigenvalue weighted by Crippen LogP contribution is 2.32. The molecule has 0 radical (unpaired) electrons. The molecular formula is C36H41N3O7. The molecule has 0 aliphatic carbocycles. The Hall–Kier alpha value is -4.80. The van der Waals surface area contributed by atoms with Crippen LogP contribution >= 0.6 is 0 Å². The fourth-order valence-electron chi connectivity index (χ4n) is 5.33. The van der Waals surface area contributed by atoms with Crippen LogP contribution in [0.1, 0.15) is 38.8 Å². The minimum atomic E-state index is -2.68. The molecule has 1 aliphatic rings. The van der Waals surface area contributed by atoms with E-state index >= 15 is 0 Å². The molecule has 0 saturated carbocycles. The summed E-state index contributed by atoms with van der Waals surface area (Å²) < 4.78 is 10.9. The minimum Gasteiger partial charge on any atom is -0.484 e. The van der Waals surface area contributed by atoms with Gasteiger partial charge in [0.15, 0.2) is 12.4 Å². The van der Waals surface area contributed by atoms with Crippen LogP contribution in [0.5, 0.6) is 5.75 Å². The van der Waals surface area contributed by atoms with Crippen molar-refractivity contribution in [2.45, 2.75) is 52.0 Å². The van der Waals surface area contributed by atoms with Crippen molar-refractivity contribution in [2.75, 3.05) is 13.2 Å². The largest absolute Gasteiger partial charge is 0.484 e. The smallest absolute Gasteiger partial charge is 0.354 e. The van der Waals surface area contributed by atoms with Gasteiger partial charge in [0.25, 0.3) is 11.8 Å². The molecule has 0 spiro atoms. The maximum absolute atomic E-state index is 14.3. The molecular weight excluding hydrogens is 586 g/mol. The molecule has 3 aromatic rings. The van der Waals surface area contributed by atoms with Crippen LogP contribution in [-0.4, -0.2) is 69.5 Å². The summed E-state index contributed by atoms with van der Waals surface area (Å²) in [5, 5.41) is 11.3. The quantitative estimate of drug-likeness (QED) is 0.216. The van der Waals surface area contributed by atoms with E-state index in [9.17, 15) is 24.3 Å². The second-order valence-electron chi connectivity index (χ2n) is 11.9. The summed E-state index contributed by atoms with van der Waals surface area (Å²) >= 11 is 0. The molecule has 242 valence electrons. The average molecular weight is 628 g/mol. The molecule has 1 heterocycles. The molecule has 3 atom stereocenters. The third-order valence-corrected chi connectivity index (χ3v) is 7.65. The van der Waals surface area contributed by atoms with Crippen LogP contribution in [0.2, 0.25) is 0 Å². The monoisotopic (exact) mass is 627 g/mol. The number of aliphatic hydroxyl groups is 1. The number of para-hydroxylation sites is 1. The molecule has 0 aromatic heterocycles. The number of nitrogens with zero attached hydrogens (tertiary/aromatic N) is 2. The Labute approximate surface area is 269 Å². The van der Waals surface area contributed by atoms with E-state index in [1.54, 1.807) is 113 Å². The van der Waals surface area contributed by atoms with Crippen LogP contribution < -0.4 is 10.5 Å². The minimum absolute atomic E-state index is 0.0820. The molecule has 3 aromatic carbocycles. The van der Waals surface area contributed by atoms with E-state index in [4.69, 9.17) is 15.2 Å². The van der Waals surface area contributed by atoms with Crippen LogP contribution in [0.4, 0.5) is 0 Å². The standard InChI is InChI=1S/C36H41N3O7/c1-24(2)33-34(42)38(22-31(40)29(20-26-14-8-5-9-15-26)36(37,44)35(43)46-25(3)4)30(27-16-10-6-11-17-27)21-39(33)32(41)23-45-28-18-12-7-13-19-28/h5-19,21,24-25,29,33,44H,20,22-23,37H2,1-4H3/t29-,33?,36?/m1/s1. The summed E-state index contributed by atoms with van der Waals surface area (Å²) in [5.74, 6) is -4.02. The van der Waals surface area contributed by atoms with Crippen molar-refractivity contribution in [3.05, 3.63) is 108 Å². The predicted molar refractivity (Wildman–Crippen MR) is 173 cm³/mol. The summed E-state index contributed by atoms with van der Waals surface area (Å²) in [7, 11) is 0. The van der Waals surface area contributed by atoms with Crippen molar-refractivity contribution in [3.63, 3.8) is 0 Å². The third-order valence-electron chi connectivity index (χ3n) is 7.65. The molecule has 3 N–H and O–H groups in total. The Balaban J connectivity index is 1.72. The zero-order valence-corrected chi connectivity index (χ0v) is 26.5. The first kappa shape index (κ1) is 34.1. The highest BCUT2D eigenvalue weighted by Gasteiger charge is 2.48. The van der Waals surface area contributed by atoms with Crippen LogP contribution in [0.25, 0.3) is 5.70 Å². The van der Waals surface area contributed by atoms with E-state index in [1.165, 1.54) is 9.80 Å². The highest BCUT2D eigenvalue weighted by atomic mass is 16.6. The predicted octanol–water partition coefficient (Wildman–Crippen LogP) is 3.79. The first-order chi connectivity index (χ1) is 21.9. The van der Waals surface area contributed by atoms with Gasteiger partial charge in [0, 0.05) is 6.20 Å². The molecule has 10 heteroatoms. The lowest BCUT2D eigenvalue weighted by Crippen LogP contribution is -2.61. The number of nitrogens with two attached hydrogens (primary N) is 1. The van der Waals surface area contributed by atoms with Gasteiger partial charge in [-0.1, -0.05) is 92.7 Å². The number of ketones is 1. The number of carbonyl (C=O) groups excluding carboxylic acids is 4. The van der Waals surface area contributed by atoms with E-state index in [1.807, 2.05) is 12.1 Å². The molecule has 0 fully saturated rings. The van der Waals surface area contributed by atoms with Crippen molar-refractivity contribution in [2.24, 2.45) is 17.6 Å². The Morgan fingerprint density at radius 2 is 1.46 bits per heavy atom. The first-order valence-corrected chi connectivity index (χ1v) is 15.3. The molecule has 0 saturated heterocycles. The van der Waals surface area contributed by atoms with Gasteiger partial charge in [0.1, 0.15) is 11.8 Å². The maximum Gasteiger partial charge on any atom is 0.354 e. The normalized spacial score (nSPS) is 16.9. The van der Waals surface area contributed by atoms with Crippen molar-refractivity contribution >= 4 is 29.3 Å². The molecule has 4 rings (SSSR count). The van der Waals surface area contributed by atoms with E-state index < -0.39 is 53.9 Å². The van der Waals surface area contributed by atoms with Gasteiger partial charge < -0.3 is 24.4 Å². The highest BCUT2D eigenvalue weighted by molar-refractivity contribution is 6.01. The van der Waals surface area contributed by atoms with E-state index in [2.05, 4.69) is 0 Å². The number of hydrogen-bond acceptors (Lipinski definition) is 8. The Morgan fingerprint density at radius 3 is 2.02 bits per heavy atom. The first-order valence-electron chi connectivity index (χ1n) is 15.3. The van der Waals surface area contributed by atoms with Gasteiger partial charge in [-0.3, -0.25) is 20.1 Å². The number of Topliss-reactive ketones (excluding diaryl/α,β-unsaturated/α-hetero) is 1. The van der Waals surface area contributed by atoms with Gasteiger partial charge in [0.05, 0.1) is 24.3 Å². The third kappa shape index (κ3) is 8.07. The number of esters is 1. The zero-order chi connectivity index (χ0) is 33.4. The van der Waals surface area contributed by atoms with E-state index in [0.717, 1.165) is 0 Å². The maximum atomic E-state index is 14.3. The summed E-state index contributed by atoms with van der Waals surface area (Å²) in [6.45, 7) is 6.00. The van der Waals surface area contributed by atoms with Crippen LogP contribution in [0, 0.1) is 11.8 Å². The van der Waals surface area contributed by atoms with Gasteiger partial charge in [-0.25, -0.2) is 4.79 Å². The molecule has 2 amide bonds. The SMILES string of the molecule is CC(C)OC(=O)C(N)(O)[C@H](Cc1ccccc1)C(=O)CN1C(=O)C(C(C)C)N(C(=O)COc2ccccc2)C=C1c1ccccc1. The van der Waals surface area contributed by atoms with Gasteiger partial charge in [-0.05, 0) is 49.4 Å². The Kier molecular flexibility index (Phi) is 11.1. The Bertz CT molecular complexity index is 1540. The van der Waals surface area contributed by atoms with Crippen LogP contribution in [0.3, 0.4) is 0 Å². The lowest BCUT2D eigenvalue weighted by Gasteiger charge is -2.41.